The van der Waals surface area contributed by atoms with Gasteiger partial charge in [-0.3, -0.25) is 4.99 Å². The Labute approximate surface area is 146 Å². The first kappa shape index (κ1) is 21.0. The first-order valence-electron chi connectivity index (χ1n) is 8.39. The van der Waals surface area contributed by atoms with Gasteiger partial charge in [-0.25, -0.2) is 9.97 Å². The number of guanidine groups is 1. The summed E-state index contributed by atoms with van der Waals surface area (Å²) in [5.41, 5.74) is 4.82. The minimum absolute atomic E-state index is 0.0846. The van der Waals surface area contributed by atoms with Gasteiger partial charge in [-0.2, -0.15) is 13.2 Å². The minimum atomic E-state index is -4.49. The molecule has 0 spiro atoms. The number of aromatic nitrogens is 2. The van der Waals surface area contributed by atoms with Crippen LogP contribution in [0.1, 0.15) is 45.7 Å². The molecule has 0 aliphatic heterocycles. The fraction of sp³-hybridized carbons (Fsp3) is 0.688. The summed E-state index contributed by atoms with van der Waals surface area (Å²) in [6.45, 7) is 7.00. The lowest BCUT2D eigenvalue weighted by Gasteiger charge is -2.15. The zero-order valence-corrected chi connectivity index (χ0v) is 14.9. The van der Waals surface area contributed by atoms with Gasteiger partial charge >= 0.3 is 6.18 Å². The van der Waals surface area contributed by atoms with Crippen LogP contribution < -0.4 is 16.4 Å². The number of anilines is 1. The first-order chi connectivity index (χ1) is 11.7. The third-order valence-corrected chi connectivity index (χ3v) is 3.44. The van der Waals surface area contributed by atoms with E-state index in [1.807, 2.05) is 6.92 Å². The summed E-state index contributed by atoms with van der Waals surface area (Å²) in [6.07, 6.45) is -0.129. The number of aliphatic imine (C=N–C) groups is 1. The maximum absolute atomic E-state index is 12.6. The van der Waals surface area contributed by atoms with E-state index in [-0.39, 0.29) is 18.5 Å². The predicted molar refractivity (Wildman–Crippen MR) is 93.3 cm³/mol. The Morgan fingerprint density at radius 2 is 2.00 bits per heavy atom. The van der Waals surface area contributed by atoms with E-state index in [1.165, 1.54) is 6.42 Å². The molecule has 25 heavy (non-hydrogen) atoms. The number of hydrogen-bond acceptors (Lipinski definition) is 4. The largest absolute Gasteiger partial charge is 0.433 e. The molecule has 9 heteroatoms. The second-order valence-corrected chi connectivity index (χ2v) is 6.33. The highest BCUT2D eigenvalue weighted by Gasteiger charge is 2.32. The normalized spacial score (nSPS) is 13.8. The highest BCUT2D eigenvalue weighted by Crippen LogP contribution is 2.27. The van der Waals surface area contributed by atoms with Gasteiger partial charge < -0.3 is 16.4 Å². The van der Waals surface area contributed by atoms with Crippen LogP contribution in [0.5, 0.6) is 0 Å². The molecular formula is C16H27F3N6. The molecule has 0 aliphatic carbocycles. The summed E-state index contributed by atoms with van der Waals surface area (Å²) in [5.74, 6) is 0.921. The first-order valence-corrected chi connectivity index (χ1v) is 8.39. The zero-order chi connectivity index (χ0) is 18.9. The van der Waals surface area contributed by atoms with Gasteiger partial charge in [-0.1, -0.05) is 26.7 Å². The molecule has 0 aliphatic rings. The van der Waals surface area contributed by atoms with Crippen LogP contribution in [0.15, 0.2) is 17.3 Å². The van der Waals surface area contributed by atoms with Crippen molar-refractivity contribution in [3.63, 3.8) is 0 Å². The Bertz CT molecular complexity index is 545. The van der Waals surface area contributed by atoms with Gasteiger partial charge in [0.25, 0.3) is 0 Å². The van der Waals surface area contributed by atoms with Crippen molar-refractivity contribution >= 4 is 11.9 Å². The summed E-state index contributed by atoms with van der Waals surface area (Å²) in [5, 5.41) is 5.80. The van der Waals surface area contributed by atoms with Crippen LogP contribution in [0, 0.1) is 5.92 Å². The van der Waals surface area contributed by atoms with Crippen molar-refractivity contribution in [1.29, 1.82) is 0 Å². The van der Waals surface area contributed by atoms with Crippen LogP contribution in [0.3, 0.4) is 0 Å². The molecule has 0 aromatic carbocycles. The number of rotatable bonds is 9. The molecule has 1 aromatic rings. The maximum Gasteiger partial charge on any atom is 0.433 e. The predicted octanol–water partition coefficient (Wildman–Crippen LogP) is 3.03. The van der Waals surface area contributed by atoms with Crippen molar-refractivity contribution in [2.24, 2.45) is 16.6 Å². The summed E-state index contributed by atoms with van der Waals surface area (Å²) in [4.78, 5) is 11.3. The van der Waals surface area contributed by atoms with E-state index >= 15 is 0 Å². The minimum Gasteiger partial charge on any atom is -0.370 e. The van der Waals surface area contributed by atoms with E-state index in [1.54, 1.807) is 0 Å². The Morgan fingerprint density at radius 1 is 1.28 bits per heavy atom. The van der Waals surface area contributed by atoms with E-state index in [9.17, 15) is 13.2 Å². The van der Waals surface area contributed by atoms with Crippen LogP contribution in [0.25, 0.3) is 0 Å². The summed E-state index contributed by atoms with van der Waals surface area (Å²) in [7, 11) is 0. The number of nitrogens with two attached hydrogens (primary N) is 1. The molecule has 6 nitrogen and oxygen atoms in total. The number of alkyl halides is 3. The highest BCUT2D eigenvalue weighted by atomic mass is 19.4. The fourth-order valence-electron chi connectivity index (χ4n) is 2.15. The number of hydrogen-bond donors (Lipinski definition) is 3. The topological polar surface area (TPSA) is 88.2 Å². The Morgan fingerprint density at radius 3 is 2.64 bits per heavy atom. The summed E-state index contributed by atoms with van der Waals surface area (Å²) >= 11 is 0. The van der Waals surface area contributed by atoms with Gasteiger partial charge in [-0.15, -0.1) is 0 Å². The van der Waals surface area contributed by atoms with Gasteiger partial charge in [0.15, 0.2) is 5.96 Å². The smallest absolute Gasteiger partial charge is 0.370 e. The average Bonchev–Trinajstić information content (AvgIpc) is 2.50. The molecular weight excluding hydrogens is 333 g/mol. The van der Waals surface area contributed by atoms with Crippen molar-refractivity contribution in [3.05, 3.63) is 18.0 Å². The molecule has 1 rings (SSSR count). The second-order valence-electron chi connectivity index (χ2n) is 6.33. The number of nitrogens with one attached hydrogen (secondary N) is 2. The monoisotopic (exact) mass is 360 g/mol. The molecule has 0 bridgehead atoms. The fourth-order valence-corrected chi connectivity index (χ4v) is 2.15. The van der Waals surface area contributed by atoms with Crippen LogP contribution >= 0.6 is 0 Å². The van der Waals surface area contributed by atoms with Gasteiger partial charge in [-0.05, 0) is 25.3 Å². The van der Waals surface area contributed by atoms with E-state index in [2.05, 4.69) is 39.4 Å². The van der Waals surface area contributed by atoms with E-state index in [0.29, 0.717) is 18.4 Å². The van der Waals surface area contributed by atoms with Crippen molar-refractivity contribution in [2.75, 3.05) is 18.4 Å². The standard InChI is InChI=1S/C16H27F3N6/c1-11(2)5-4-6-12(3)24-14(20)21-9-10-23-15-22-8-7-13(25-15)16(17,18)19/h7-8,11-12H,4-6,9-10H2,1-3H3,(H3,20,21,24)(H,22,23,25). The van der Waals surface area contributed by atoms with Gasteiger partial charge in [0.1, 0.15) is 5.69 Å². The lowest BCUT2D eigenvalue weighted by molar-refractivity contribution is -0.141. The third-order valence-electron chi connectivity index (χ3n) is 3.44. The maximum atomic E-state index is 12.6. The summed E-state index contributed by atoms with van der Waals surface area (Å²) < 4.78 is 37.7. The molecule has 1 aromatic heterocycles. The SMILES string of the molecule is CC(C)CCCC(C)NC(N)=NCCNc1nccc(C(F)(F)F)n1. The van der Waals surface area contributed by atoms with Crippen LogP contribution in [0.2, 0.25) is 0 Å². The van der Waals surface area contributed by atoms with Crippen molar-refractivity contribution in [1.82, 2.24) is 15.3 Å². The highest BCUT2D eigenvalue weighted by molar-refractivity contribution is 5.78. The van der Waals surface area contributed by atoms with Crippen LogP contribution in [0.4, 0.5) is 19.1 Å². The van der Waals surface area contributed by atoms with Crippen LogP contribution in [-0.4, -0.2) is 35.1 Å². The molecule has 1 atom stereocenters. The molecule has 0 radical (unpaired) electrons. The molecule has 1 unspecified atom stereocenters. The molecule has 0 saturated heterocycles. The van der Waals surface area contributed by atoms with Gasteiger partial charge in [0, 0.05) is 18.8 Å². The van der Waals surface area contributed by atoms with E-state index < -0.39 is 11.9 Å². The number of halogens is 3. The van der Waals surface area contributed by atoms with Gasteiger partial charge in [0.05, 0.1) is 6.54 Å². The van der Waals surface area contributed by atoms with Crippen LogP contribution in [-0.2, 0) is 6.18 Å². The average molecular weight is 360 g/mol. The molecule has 0 saturated carbocycles. The Balaban J connectivity index is 2.33. The second kappa shape index (κ2) is 10.0. The quantitative estimate of drug-likeness (QED) is 0.358. The third kappa shape index (κ3) is 9.11. The molecule has 4 N–H and O–H groups in total. The van der Waals surface area contributed by atoms with Crippen molar-refractivity contribution in [3.8, 4) is 0 Å². The summed E-state index contributed by atoms with van der Waals surface area (Å²) in [6, 6.07) is 1.05. The molecule has 0 amide bonds. The Kier molecular flexibility index (Phi) is 8.44. The van der Waals surface area contributed by atoms with E-state index in [0.717, 1.165) is 25.1 Å². The lowest BCUT2D eigenvalue weighted by atomic mass is 10.0. The van der Waals surface area contributed by atoms with Gasteiger partial charge in [0.2, 0.25) is 5.95 Å². The molecule has 142 valence electrons. The van der Waals surface area contributed by atoms with Crippen molar-refractivity contribution < 1.29 is 13.2 Å². The van der Waals surface area contributed by atoms with E-state index in [4.69, 9.17) is 5.73 Å². The molecule has 0 fully saturated rings. The van der Waals surface area contributed by atoms with Crippen molar-refractivity contribution in [2.45, 2.75) is 52.3 Å². The Hall–Kier alpha value is -2.06. The number of nitrogens with zero attached hydrogens (tertiary/aromatic N) is 3. The lowest BCUT2D eigenvalue weighted by Crippen LogP contribution is -2.38. The zero-order valence-electron chi connectivity index (χ0n) is 14.9. The molecule has 1 heterocycles.